The van der Waals surface area contributed by atoms with Crippen molar-refractivity contribution >= 4 is 32.3 Å². The summed E-state index contributed by atoms with van der Waals surface area (Å²) in [5.74, 6) is 0.696. The van der Waals surface area contributed by atoms with Crippen molar-refractivity contribution < 1.29 is 0 Å². The van der Waals surface area contributed by atoms with Crippen LogP contribution in [0.4, 0.5) is 0 Å². The molecule has 0 saturated carbocycles. The van der Waals surface area contributed by atoms with Crippen LogP contribution in [0.1, 0.15) is 0 Å². The van der Waals surface area contributed by atoms with Crippen molar-refractivity contribution in [1.29, 1.82) is 0 Å². The summed E-state index contributed by atoms with van der Waals surface area (Å²) in [7, 11) is 0. The molecule has 0 atom stereocenters. The number of rotatable bonds is 6. The van der Waals surface area contributed by atoms with Crippen LogP contribution >= 0.6 is 0 Å². The number of hydrogen-bond donors (Lipinski definition) is 0. The summed E-state index contributed by atoms with van der Waals surface area (Å²) in [5.41, 5.74) is 11.8. The quantitative estimate of drug-likeness (QED) is 0.129. The van der Waals surface area contributed by atoms with Crippen molar-refractivity contribution in [2.24, 2.45) is 0 Å². The molecule has 0 aliphatic rings. The van der Waals surface area contributed by atoms with Crippen LogP contribution in [0.3, 0.4) is 0 Å². The maximum atomic E-state index is 5.10. The Morgan fingerprint density at radius 2 is 0.870 bits per heavy atom. The Morgan fingerprint density at radius 1 is 0.278 bits per heavy atom. The third-order valence-electron chi connectivity index (χ3n) is 10.4. The van der Waals surface area contributed by atoms with Gasteiger partial charge in [-0.1, -0.05) is 158 Å². The van der Waals surface area contributed by atoms with E-state index in [-0.39, 0.29) is 0 Å². The first-order chi connectivity index (χ1) is 26.7. The first-order valence-corrected chi connectivity index (χ1v) is 18.2. The van der Waals surface area contributed by atoms with E-state index in [1.54, 1.807) is 0 Å². The van der Waals surface area contributed by atoms with E-state index < -0.39 is 0 Å². The minimum atomic E-state index is 0.696. The Kier molecular flexibility index (Phi) is 7.81. The fraction of sp³-hybridized carbons (Fsp3) is 0. The minimum absolute atomic E-state index is 0.696. The van der Waals surface area contributed by atoms with Crippen LogP contribution in [0.2, 0.25) is 0 Å². The molecule has 0 spiro atoms. The molecule has 2 heterocycles. The minimum Gasteiger partial charge on any atom is -0.265 e. The standard InChI is InChI=1S/C51H33N3/c1-2-9-39(10-3-1)51-53-49(33-50(54-51)47-14-7-6-13-44(47)37-27-29-52-30-28-37)38-23-19-35(20-24-38)34-17-21-36(22-18-34)43-15-8-16-45-46(43)26-25-42-31-40-11-4-5-12-41(40)32-48(42)45/h1-33H. The van der Waals surface area contributed by atoms with Crippen LogP contribution in [0.5, 0.6) is 0 Å². The van der Waals surface area contributed by atoms with Crippen molar-refractivity contribution in [3.05, 3.63) is 200 Å². The van der Waals surface area contributed by atoms with Crippen LogP contribution in [-0.2, 0) is 0 Å². The number of fused-ring (bicyclic) bond motifs is 4. The van der Waals surface area contributed by atoms with Gasteiger partial charge in [0.1, 0.15) is 0 Å². The summed E-state index contributed by atoms with van der Waals surface area (Å²) in [6.07, 6.45) is 3.66. The third kappa shape index (κ3) is 5.78. The molecule has 0 unspecified atom stereocenters. The molecule has 0 N–H and O–H groups in total. The van der Waals surface area contributed by atoms with Crippen LogP contribution < -0.4 is 0 Å². The molecule has 0 fully saturated rings. The van der Waals surface area contributed by atoms with Gasteiger partial charge < -0.3 is 0 Å². The number of aromatic nitrogens is 3. The first-order valence-electron chi connectivity index (χ1n) is 18.2. The molecule has 54 heavy (non-hydrogen) atoms. The third-order valence-corrected chi connectivity index (χ3v) is 10.4. The van der Waals surface area contributed by atoms with E-state index >= 15 is 0 Å². The number of pyridine rings is 1. The number of benzene rings is 8. The molecule has 3 heteroatoms. The highest BCUT2D eigenvalue weighted by Gasteiger charge is 2.15. The highest BCUT2D eigenvalue weighted by atomic mass is 14.9. The van der Waals surface area contributed by atoms with Crippen LogP contribution in [0, 0.1) is 0 Å². The molecule has 252 valence electrons. The Morgan fingerprint density at radius 3 is 1.63 bits per heavy atom. The number of hydrogen-bond acceptors (Lipinski definition) is 3. The molecule has 10 rings (SSSR count). The average molecular weight is 688 g/mol. The zero-order valence-electron chi connectivity index (χ0n) is 29.4. The summed E-state index contributed by atoms with van der Waals surface area (Å²) in [6, 6.07) is 66.8. The first kappa shape index (κ1) is 31.5. The Labute approximate surface area is 313 Å². The maximum absolute atomic E-state index is 5.10. The topological polar surface area (TPSA) is 38.7 Å². The molecule has 8 aromatic carbocycles. The second-order valence-electron chi connectivity index (χ2n) is 13.7. The molecule has 0 bridgehead atoms. The molecule has 10 aromatic rings. The van der Waals surface area contributed by atoms with Gasteiger partial charge in [-0.25, -0.2) is 9.97 Å². The highest BCUT2D eigenvalue weighted by Crippen LogP contribution is 2.37. The molecule has 0 saturated heterocycles. The van der Waals surface area contributed by atoms with Gasteiger partial charge in [0.25, 0.3) is 0 Å². The lowest BCUT2D eigenvalue weighted by molar-refractivity contribution is 1.18. The second-order valence-corrected chi connectivity index (χ2v) is 13.7. The molecule has 0 amide bonds. The molecular formula is C51H33N3. The zero-order valence-corrected chi connectivity index (χ0v) is 29.4. The molecule has 0 aliphatic carbocycles. The Balaban J connectivity index is 0.992. The molecular weight excluding hydrogens is 655 g/mol. The van der Waals surface area contributed by atoms with Crippen molar-refractivity contribution in [2.45, 2.75) is 0 Å². The van der Waals surface area contributed by atoms with Gasteiger partial charge in [0, 0.05) is 29.1 Å². The highest BCUT2D eigenvalue weighted by molar-refractivity contribution is 6.15. The van der Waals surface area contributed by atoms with Crippen molar-refractivity contribution in [1.82, 2.24) is 15.0 Å². The summed E-state index contributed by atoms with van der Waals surface area (Å²) in [4.78, 5) is 14.4. The van der Waals surface area contributed by atoms with E-state index in [0.29, 0.717) is 5.82 Å². The Bertz CT molecular complexity index is 2950. The summed E-state index contributed by atoms with van der Waals surface area (Å²) >= 11 is 0. The van der Waals surface area contributed by atoms with E-state index in [2.05, 4.69) is 163 Å². The largest absolute Gasteiger partial charge is 0.265 e. The van der Waals surface area contributed by atoms with Gasteiger partial charge >= 0.3 is 0 Å². The zero-order chi connectivity index (χ0) is 35.8. The lowest BCUT2D eigenvalue weighted by atomic mass is 9.92. The normalized spacial score (nSPS) is 11.3. The fourth-order valence-electron chi connectivity index (χ4n) is 7.65. The summed E-state index contributed by atoms with van der Waals surface area (Å²) in [5, 5.41) is 7.63. The van der Waals surface area contributed by atoms with Crippen LogP contribution in [-0.4, -0.2) is 15.0 Å². The van der Waals surface area contributed by atoms with E-state index in [1.807, 2.05) is 42.7 Å². The van der Waals surface area contributed by atoms with E-state index in [0.717, 1.165) is 44.8 Å². The SMILES string of the molecule is c1ccc(-c2nc(-c3ccc(-c4ccc(-c5cccc6c5ccc5cc7ccccc7cc56)cc4)cc3)cc(-c3ccccc3-c3ccncc3)n2)cc1. The van der Waals surface area contributed by atoms with Gasteiger partial charge in [-0.2, -0.15) is 0 Å². The predicted molar refractivity (Wildman–Crippen MR) is 225 cm³/mol. The van der Waals surface area contributed by atoms with Gasteiger partial charge in [-0.15, -0.1) is 0 Å². The lowest BCUT2D eigenvalue weighted by Gasteiger charge is -2.13. The predicted octanol–water partition coefficient (Wildman–Crippen LogP) is 13.3. The van der Waals surface area contributed by atoms with Crippen LogP contribution in [0.15, 0.2) is 200 Å². The average Bonchev–Trinajstić information content (AvgIpc) is 3.26. The summed E-state index contributed by atoms with van der Waals surface area (Å²) < 4.78 is 0. The summed E-state index contributed by atoms with van der Waals surface area (Å²) in [6.45, 7) is 0. The van der Waals surface area contributed by atoms with Crippen molar-refractivity contribution in [3.63, 3.8) is 0 Å². The fourth-order valence-corrected chi connectivity index (χ4v) is 7.65. The van der Waals surface area contributed by atoms with Gasteiger partial charge in [0.2, 0.25) is 0 Å². The van der Waals surface area contributed by atoms with E-state index in [9.17, 15) is 0 Å². The second kappa shape index (κ2) is 13.4. The van der Waals surface area contributed by atoms with Crippen LogP contribution in [0.25, 0.3) is 99.6 Å². The van der Waals surface area contributed by atoms with Gasteiger partial charge in [-0.3, -0.25) is 4.98 Å². The van der Waals surface area contributed by atoms with E-state index in [1.165, 1.54) is 49.0 Å². The smallest absolute Gasteiger partial charge is 0.160 e. The number of nitrogens with zero attached hydrogens (tertiary/aromatic N) is 3. The van der Waals surface area contributed by atoms with Gasteiger partial charge in [0.15, 0.2) is 5.82 Å². The monoisotopic (exact) mass is 687 g/mol. The van der Waals surface area contributed by atoms with Gasteiger partial charge in [0.05, 0.1) is 11.4 Å². The van der Waals surface area contributed by atoms with E-state index in [4.69, 9.17) is 9.97 Å². The van der Waals surface area contributed by atoms with Crippen molar-refractivity contribution in [3.8, 4) is 67.3 Å². The van der Waals surface area contributed by atoms with Gasteiger partial charge in [-0.05, 0) is 96.0 Å². The van der Waals surface area contributed by atoms with Crippen molar-refractivity contribution in [2.75, 3.05) is 0 Å². The molecule has 3 nitrogen and oxygen atoms in total. The molecule has 0 radical (unpaired) electrons. The Hall–Kier alpha value is -7.23. The molecule has 0 aliphatic heterocycles. The lowest BCUT2D eigenvalue weighted by Crippen LogP contribution is -1.97. The molecule has 2 aromatic heterocycles. The maximum Gasteiger partial charge on any atom is 0.160 e.